The molecule has 142 valence electrons. The third-order valence-electron chi connectivity index (χ3n) is 3.61. The first-order chi connectivity index (χ1) is 12.9. The molecule has 0 aliphatic heterocycles. The van der Waals surface area contributed by atoms with Crippen molar-refractivity contribution in [3.05, 3.63) is 68.7 Å². The predicted octanol–water partition coefficient (Wildman–Crippen LogP) is 2.77. The van der Waals surface area contributed by atoms with Crippen LogP contribution in [0.1, 0.15) is 15.9 Å². The van der Waals surface area contributed by atoms with E-state index in [1.54, 1.807) is 7.11 Å². The molecule has 0 saturated heterocycles. The molecule has 9 heteroatoms. The summed E-state index contributed by atoms with van der Waals surface area (Å²) >= 11 is 5.84. The van der Waals surface area contributed by atoms with Gasteiger partial charge in [0.15, 0.2) is 6.61 Å². The van der Waals surface area contributed by atoms with Gasteiger partial charge in [0, 0.05) is 18.7 Å². The van der Waals surface area contributed by atoms with Gasteiger partial charge in [-0.3, -0.25) is 14.9 Å². The number of carbonyl (C=O) groups excluding carboxylic acids is 2. The van der Waals surface area contributed by atoms with Gasteiger partial charge in [0.25, 0.3) is 11.6 Å². The molecule has 2 rings (SSSR count). The van der Waals surface area contributed by atoms with Gasteiger partial charge in [-0.15, -0.1) is 0 Å². The maximum absolute atomic E-state index is 11.9. The molecule has 0 bridgehead atoms. The van der Waals surface area contributed by atoms with Crippen molar-refractivity contribution in [3.63, 3.8) is 0 Å². The highest BCUT2D eigenvalue weighted by Crippen LogP contribution is 2.23. The number of amides is 1. The standard InChI is InChI=1S/C18H17ClN2O6/c1-26-14-5-2-12(3-6-14)8-9-20-17(22)11-27-18(23)15-7-4-13(21(24)25)10-16(15)19/h2-7,10H,8-9,11H2,1H3,(H,20,22). The molecule has 1 amide bonds. The van der Waals surface area contributed by atoms with Gasteiger partial charge in [0.1, 0.15) is 5.75 Å². The van der Waals surface area contributed by atoms with E-state index in [9.17, 15) is 19.7 Å². The monoisotopic (exact) mass is 392 g/mol. The van der Waals surface area contributed by atoms with Crippen molar-refractivity contribution in [2.45, 2.75) is 6.42 Å². The molecule has 0 unspecified atom stereocenters. The van der Waals surface area contributed by atoms with Crippen LogP contribution in [-0.4, -0.2) is 37.1 Å². The zero-order valence-electron chi connectivity index (χ0n) is 14.4. The Bertz CT molecular complexity index is 838. The number of hydrogen-bond acceptors (Lipinski definition) is 6. The maximum atomic E-state index is 11.9. The molecule has 0 saturated carbocycles. The van der Waals surface area contributed by atoms with Crippen LogP contribution >= 0.6 is 11.6 Å². The molecule has 0 radical (unpaired) electrons. The second-order valence-corrected chi connectivity index (χ2v) is 5.85. The molecule has 2 aromatic carbocycles. The Morgan fingerprint density at radius 2 is 1.89 bits per heavy atom. The Hall–Kier alpha value is -3.13. The summed E-state index contributed by atoms with van der Waals surface area (Å²) in [6.07, 6.45) is 0.609. The summed E-state index contributed by atoms with van der Waals surface area (Å²) < 4.78 is 9.95. The lowest BCUT2D eigenvalue weighted by molar-refractivity contribution is -0.384. The molecule has 0 aromatic heterocycles. The maximum Gasteiger partial charge on any atom is 0.340 e. The summed E-state index contributed by atoms with van der Waals surface area (Å²) in [4.78, 5) is 33.7. The van der Waals surface area contributed by atoms with E-state index >= 15 is 0 Å². The molecule has 27 heavy (non-hydrogen) atoms. The van der Waals surface area contributed by atoms with E-state index in [0.717, 1.165) is 23.4 Å². The summed E-state index contributed by atoms with van der Waals surface area (Å²) in [5.41, 5.74) is 0.729. The number of nitrogens with one attached hydrogen (secondary N) is 1. The third-order valence-corrected chi connectivity index (χ3v) is 3.93. The number of rotatable bonds is 8. The van der Waals surface area contributed by atoms with Gasteiger partial charge in [0.2, 0.25) is 0 Å². The Kier molecular flexibility index (Phi) is 7.13. The smallest absolute Gasteiger partial charge is 0.340 e. The highest BCUT2D eigenvalue weighted by atomic mass is 35.5. The van der Waals surface area contributed by atoms with Crippen LogP contribution < -0.4 is 10.1 Å². The number of halogens is 1. The van der Waals surface area contributed by atoms with Crippen LogP contribution in [-0.2, 0) is 16.0 Å². The van der Waals surface area contributed by atoms with Crippen molar-refractivity contribution in [2.75, 3.05) is 20.3 Å². The lowest BCUT2D eigenvalue weighted by atomic mass is 10.1. The molecule has 0 heterocycles. The number of ether oxygens (including phenoxy) is 2. The average Bonchev–Trinajstić information content (AvgIpc) is 2.66. The summed E-state index contributed by atoms with van der Waals surface area (Å²) in [6, 6.07) is 10.8. The zero-order chi connectivity index (χ0) is 19.8. The third kappa shape index (κ3) is 5.96. The molecular formula is C18H17ClN2O6. The lowest BCUT2D eigenvalue weighted by Crippen LogP contribution is -2.30. The van der Waals surface area contributed by atoms with Crippen molar-refractivity contribution < 1.29 is 24.0 Å². The Balaban J connectivity index is 1.77. The Morgan fingerprint density at radius 1 is 1.19 bits per heavy atom. The van der Waals surface area contributed by atoms with Crippen molar-refractivity contribution >= 4 is 29.2 Å². The normalized spacial score (nSPS) is 10.1. The molecular weight excluding hydrogens is 376 g/mol. The summed E-state index contributed by atoms with van der Waals surface area (Å²) in [6.45, 7) is -0.101. The lowest BCUT2D eigenvalue weighted by Gasteiger charge is -2.08. The number of nitrogens with zero attached hydrogens (tertiary/aromatic N) is 1. The van der Waals surface area contributed by atoms with Crippen LogP contribution in [0, 0.1) is 10.1 Å². The predicted molar refractivity (Wildman–Crippen MR) is 98.1 cm³/mol. The number of esters is 1. The minimum atomic E-state index is -0.833. The Labute approximate surface area is 160 Å². The van der Waals surface area contributed by atoms with Crippen molar-refractivity contribution in [2.24, 2.45) is 0 Å². The molecule has 0 atom stereocenters. The molecule has 8 nitrogen and oxygen atoms in total. The number of non-ortho nitro benzene ring substituents is 1. The van der Waals surface area contributed by atoms with Gasteiger partial charge in [-0.2, -0.15) is 0 Å². The quantitative estimate of drug-likeness (QED) is 0.420. The number of benzene rings is 2. The Morgan fingerprint density at radius 3 is 2.48 bits per heavy atom. The molecule has 0 spiro atoms. The SMILES string of the molecule is COc1ccc(CCNC(=O)COC(=O)c2ccc([N+](=O)[O-])cc2Cl)cc1. The van der Waals surface area contributed by atoms with E-state index in [2.05, 4.69) is 5.32 Å². The number of nitro benzene ring substituents is 1. The van der Waals surface area contributed by atoms with E-state index < -0.39 is 23.4 Å². The van der Waals surface area contributed by atoms with Crippen LogP contribution in [0.5, 0.6) is 5.75 Å². The van der Waals surface area contributed by atoms with Crippen molar-refractivity contribution in [1.82, 2.24) is 5.32 Å². The highest BCUT2D eigenvalue weighted by Gasteiger charge is 2.17. The van der Waals surface area contributed by atoms with Gasteiger partial charge >= 0.3 is 5.97 Å². The van der Waals surface area contributed by atoms with Gasteiger partial charge in [-0.25, -0.2) is 4.79 Å². The van der Waals surface area contributed by atoms with Crippen LogP contribution in [0.3, 0.4) is 0 Å². The number of carbonyl (C=O) groups is 2. The van der Waals surface area contributed by atoms with Gasteiger partial charge in [-0.05, 0) is 30.2 Å². The summed E-state index contributed by atoms with van der Waals surface area (Å²) in [7, 11) is 1.58. The first kappa shape index (κ1) is 20.2. The largest absolute Gasteiger partial charge is 0.497 e. The second-order valence-electron chi connectivity index (χ2n) is 5.45. The fourth-order valence-electron chi connectivity index (χ4n) is 2.18. The van der Waals surface area contributed by atoms with E-state index in [0.29, 0.717) is 13.0 Å². The van der Waals surface area contributed by atoms with Crippen LogP contribution in [0.4, 0.5) is 5.69 Å². The van der Waals surface area contributed by atoms with Crippen LogP contribution in [0.15, 0.2) is 42.5 Å². The highest BCUT2D eigenvalue weighted by molar-refractivity contribution is 6.33. The van der Waals surface area contributed by atoms with E-state index in [-0.39, 0.29) is 16.3 Å². The molecule has 2 aromatic rings. The fraction of sp³-hybridized carbons (Fsp3) is 0.222. The van der Waals surface area contributed by atoms with E-state index in [4.69, 9.17) is 21.1 Å². The zero-order valence-corrected chi connectivity index (χ0v) is 15.2. The van der Waals surface area contributed by atoms with Gasteiger partial charge in [-0.1, -0.05) is 23.7 Å². The summed E-state index contributed by atoms with van der Waals surface area (Å²) in [5, 5.41) is 13.2. The second kappa shape index (κ2) is 9.54. The van der Waals surface area contributed by atoms with Gasteiger partial charge < -0.3 is 14.8 Å². The summed E-state index contributed by atoms with van der Waals surface area (Å²) in [5.74, 6) is -0.547. The number of hydrogen-bond donors (Lipinski definition) is 1. The van der Waals surface area contributed by atoms with Crippen molar-refractivity contribution in [3.8, 4) is 5.75 Å². The minimum Gasteiger partial charge on any atom is -0.497 e. The average molecular weight is 393 g/mol. The van der Waals surface area contributed by atoms with E-state index in [1.165, 1.54) is 6.07 Å². The first-order valence-corrected chi connectivity index (χ1v) is 8.29. The number of methoxy groups -OCH3 is 1. The number of nitro groups is 1. The van der Waals surface area contributed by atoms with Crippen molar-refractivity contribution in [1.29, 1.82) is 0 Å². The molecule has 0 aliphatic carbocycles. The van der Waals surface area contributed by atoms with Crippen LogP contribution in [0.2, 0.25) is 5.02 Å². The first-order valence-electron chi connectivity index (χ1n) is 7.91. The topological polar surface area (TPSA) is 108 Å². The van der Waals surface area contributed by atoms with Gasteiger partial charge in [0.05, 0.1) is 22.6 Å². The fourth-order valence-corrected chi connectivity index (χ4v) is 2.43. The minimum absolute atomic E-state index is 0.0479. The molecule has 1 N–H and O–H groups in total. The molecule has 0 fully saturated rings. The van der Waals surface area contributed by atoms with Crippen LogP contribution in [0.25, 0.3) is 0 Å². The molecule has 0 aliphatic rings. The van der Waals surface area contributed by atoms with E-state index in [1.807, 2.05) is 24.3 Å².